The molecule has 2 rings (SSSR count). The van der Waals surface area contributed by atoms with Crippen LogP contribution in [0.1, 0.15) is 31.7 Å². The van der Waals surface area contributed by atoms with Crippen LogP contribution in [-0.4, -0.2) is 39.0 Å². The number of likely N-dealkylation sites (tertiary alicyclic amines) is 1. The van der Waals surface area contributed by atoms with Crippen LogP contribution in [0.3, 0.4) is 0 Å². The molecule has 22 heavy (non-hydrogen) atoms. The largest absolute Gasteiger partial charge is 0.303 e. The van der Waals surface area contributed by atoms with Crippen LogP contribution in [0.15, 0.2) is 27.6 Å². The molecule has 0 radical (unpaired) electrons. The van der Waals surface area contributed by atoms with Crippen LogP contribution in [0.25, 0.3) is 0 Å². The zero-order valence-electron chi connectivity index (χ0n) is 13.0. The number of rotatable bonds is 5. The Kier molecular flexibility index (Phi) is 7.82. The zero-order chi connectivity index (χ0) is 15.5. The minimum absolute atomic E-state index is 0. The van der Waals surface area contributed by atoms with Crippen molar-refractivity contribution in [2.45, 2.75) is 44.0 Å². The van der Waals surface area contributed by atoms with Gasteiger partial charge >= 0.3 is 0 Å². The monoisotopic (exact) mass is 410 g/mol. The van der Waals surface area contributed by atoms with E-state index in [0.717, 1.165) is 48.9 Å². The number of sulfonamides is 1. The van der Waals surface area contributed by atoms with E-state index in [0.29, 0.717) is 4.90 Å². The lowest BCUT2D eigenvalue weighted by Crippen LogP contribution is -2.44. The van der Waals surface area contributed by atoms with Gasteiger partial charge < -0.3 is 4.90 Å². The number of benzene rings is 1. The first-order chi connectivity index (χ1) is 9.92. The minimum atomic E-state index is -3.44. The van der Waals surface area contributed by atoms with Crippen molar-refractivity contribution in [1.29, 1.82) is 0 Å². The summed E-state index contributed by atoms with van der Waals surface area (Å²) in [5.74, 6) is 0. The first kappa shape index (κ1) is 19.9. The van der Waals surface area contributed by atoms with E-state index in [9.17, 15) is 8.42 Å². The Balaban J connectivity index is 0.00000242. The SMILES string of the molecule is CCCN1CCC(NS(=O)(=O)c2cc(Br)ccc2C)CC1.Cl. The van der Waals surface area contributed by atoms with Gasteiger partial charge in [-0.15, -0.1) is 12.4 Å². The number of hydrogen-bond acceptors (Lipinski definition) is 3. The molecule has 7 heteroatoms. The Hall–Kier alpha value is -0.140. The van der Waals surface area contributed by atoms with Crippen molar-refractivity contribution in [2.24, 2.45) is 0 Å². The number of halogens is 2. The standard InChI is InChI=1S/C15H23BrN2O2S.ClH/c1-3-8-18-9-6-14(7-10-18)17-21(19,20)15-11-13(16)5-4-12(15)2;/h4-5,11,14,17H,3,6-10H2,1-2H3;1H. The molecule has 0 bridgehead atoms. The third kappa shape index (κ3) is 5.20. The van der Waals surface area contributed by atoms with Crippen LogP contribution in [-0.2, 0) is 10.0 Å². The molecule has 1 fully saturated rings. The molecule has 1 N–H and O–H groups in total. The molecule has 1 saturated heterocycles. The lowest BCUT2D eigenvalue weighted by Gasteiger charge is -2.32. The van der Waals surface area contributed by atoms with E-state index in [2.05, 4.69) is 32.5 Å². The Labute approximate surface area is 148 Å². The van der Waals surface area contributed by atoms with E-state index >= 15 is 0 Å². The third-order valence-electron chi connectivity index (χ3n) is 3.89. The number of aryl methyl sites for hydroxylation is 1. The molecule has 0 saturated carbocycles. The van der Waals surface area contributed by atoms with Crippen LogP contribution < -0.4 is 4.72 Å². The topological polar surface area (TPSA) is 49.4 Å². The molecule has 0 amide bonds. The second kappa shape index (κ2) is 8.64. The number of nitrogens with zero attached hydrogens (tertiary/aromatic N) is 1. The molecular weight excluding hydrogens is 388 g/mol. The van der Waals surface area contributed by atoms with E-state index in [1.807, 2.05) is 19.1 Å². The highest BCUT2D eigenvalue weighted by Crippen LogP contribution is 2.22. The quantitative estimate of drug-likeness (QED) is 0.808. The molecule has 1 aromatic rings. The molecule has 0 unspecified atom stereocenters. The Morgan fingerprint density at radius 3 is 2.55 bits per heavy atom. The van der Waals surface area contributed by atoms with Crippen molar-refractivity contribution in [2.75, 3.05) is 19.6 Å². The van der Waals surface area contributed by atoms with E-state index in [1.54, 1.807) is 6.07 Å². The maximum atomic E-state index is 12.5. The number of nitrogens with one attached hydrogen (secondary N) is 1. The smallest absolute Gasteiger partial charge is 0.241 e. The van der Waals surface area contributed by atoms with Gasteiger partial charge in [0.25, 0.3) is 0 Å². The molecule has 4 nitrogen and oxygen atoms in total. The fourth-order valence-corrected chi connectivity index (χ4v) is 4.83. The maximum absolute atomic E-state index is 12.5. The van der Waals surface area contributed by atoms with Crippen LogP contribution in [0.5, 0.6) is 0 Å². The summed E-state index contributed by atoms with van der Waals surface area (Å²) >= 11 is 3.34. The predicted molar refractivity (Wildman–Crippen MR) is 96.2 cm³/mol. The van der Waals surface area contributed by atoms with Gasteiger partial charge in [-0.05, 0) is 63.5 Å². The van der Waals surface area contributed by atoms with Gasteiger partial charge in [-0.1, -0.05) is 28.9 Å². The van der Waals surface area contributed by atoms with Crippen LogP contribution in [0, 0.1) is 6.92 Å². The van der Waals surface area contributed by atoms with Gasteiger partial charge in [-0.2, -0.15) is 0 Å². The second-order valence-electron chi connectivity index (χ2n) is 5.65. The van der Waals surface area contributed by atoms with E-state index < -0.39 is 10.0 Å². The molecule has 0 aliphatic carbocycles. The molecule has 0 aromatic heterocycles. The molecule has 1 aliphatic rings. The lowest BCUT2D eigenvalue weighted by molar-refractivity contribution is 0.208. The summed E-state index contributed by atoms with van der Waals surface area (Å²) < 4.78 is 28.7. The average molecular weight is 412 g/mol. The first-order valence-corrected chi connectivity index (χ1v) is 9.71. The number of hydrogen-bond donors (Lipinski definition) is 1. The highest BCUT2D eigenvalue weighted by molar-refractivity contribution is 9.10. The Morgan fingerprint density at radius 1 is 1.32 bits per heavy atom. The van der Waals surface area contributed by atoms with Crippen molar-refractivity contribution in [3.8, 4) is 0 Å². The van der Waals surface area contributed by atoms with Crippen molar-refractivity contribution >= 4 is 38.4 Å². The summed E-state index contributed by atoms with van der Waals surface area (Å²) in [4.78, 5) is 2.77. The molecule has 126 valence electrons. The summed E-state index contributed by atoms with van der Waals surface area (Å²) in [6.07, 6.45) is 2.91. The molecule has 1 heterocycles. The molecule has 0 atom stereocenters. The lowest BCUT2D eigenvalue weighted by atomic mass is 10.1. The Morgan fingerprint density at radius 2 is 1.95 bits per heavy atom. The molecular formula is C15H24BrClN2O2S. The van der Waals surface area contributed by atoms with Crippen LogP contribution in [0.2, 0.25) is 0 Å². The third-order valence-corrected chi connectivity index (χ3v) is 6.04. The zero-order valence-corrected chi connectivity index (χ0v) is 16.2. The van der Waals surface area contributed by atoms with Gasteiger partial charge in [0.05, 0.1) is 4.90 Å². The van der Waals surface area contributed by atoms with Gasteiger partial charge in [0, 0.05) is 10.5 Å². The van der Waals surface area contributed by atoms with Gasteiger partial charge in [-0.25, -0.2) is 13.1 Å². The Bertz CT molecular complexity index is 587. The van der Waals surface area contributed by atoms with Crippen molar-refractivity contribution in [3.05, 3.63) is 28.2 Å². The fraction of sp³-hybridized carbons (Fsp3) is 0.600. The van der Waals surface area contributed by atoms with Crippen LogP contribution >= 0.6 is 28.3 Å². The summed E-state index contributed by atoms with van der Waals surface area (Å²) in [6, 6.07) is 5.39. The van der Waals surface area contributed by atoms with E-state index in [4.69, 9.17) is 0 Å². The molecule has 1 aliphatic heterocycles. The molecule has 0 spiro atoms. The van der Waals surface area contributed by atoms with Gasteiger partial charge in [0.2, 0.25) is 10.0 Å². The van der Waals surface area contributed by atoms with Gasteiger partial charge in [0.1, 0.15) is 0 Å². The second-order valence-corrected chi connectivity index (χ2v) is 8.25. The average Bonchev–Trinajstić information content (AvgIpc) is 2.43. The normalized spacial score (nSPS) is 17.2. The van der Waals surface area contributed by atoms with E-state index in [-0.39, 0.29) is 18.4 Å². The highest BCUT2D eigenvalue weighted by atomic mass is 79.9. The van der Waals surface area contributed by atoms with Gasteiger partial charge in [-0.3, -0.25) is 0 Å². The minimum Gasteiger partial charge on any atom is -0.303 e. The summed E-state index contributed by atoms with van der Waals surface area (Å²) in [5.41, 5.74) is 0.772. The highest BCUT2D eigenvalue weighted by Gasteiger charge is 2.25. The first-order valence-electron chi connectivity index (χ1n) is 7.43. The van der Waals surface area contributed by atoms with Crippen LogP contribution in [0.4, 0.5) is 0 Å². The number of piperidine rings is 1. The van der Waals surface area contributed by atoms with Gasteiger partial charge in [0.15, 0.2) is 0 Å². The summed E-state index contributed by atoms with van der Waals surface area (Å²) in [6.45, 7) is 7.04. The fourth-order valence-electron chi connectivity index (χ4n) is 2.74. The summed E-state index contributed by atoms with van der Waals surface area (Å²) in [5, 5.41) is 0. The van der Waals surface area contributed by atoms with E-state index in [1.165, 1.54) is 0 Å². The maximum Gasteiger partial charge on any atom is 0.241 e. The van der Waals surface area contributed by atoms with Crippen molar-refractivity contribution in [1.82, 2.24) is 9.62 Å². The predicted octanol–water partition coefficient (Wildman–Crippen LogP) is 3.33. The van der Waals surface area contributed by atoms with Crippen molar-refractivity contribution in [3.63, 3.8) is 0 Å². The summed E-state index contributed by atoms with van der Waals surface area (Å²) in [7, 11) is -3.44. The molecule has 1 aromatic carbocycles. The van der Waals surface area contributed by atoms with Crippen molar-refractivity contribution < 1.29 is 8.42 Å².